The van der Waals surface area contributed by atoms with E-state index in [4.69, 9.17) is 5.11 Å². The number of aliphatic carboxylic acids is 1. The Morgan fingerprint density at radius 2 is 1.78 bits per heavy atom. The van der Waals surface area contributed by atoms with Crippen LogP contribution in [0.3, 0.4) is 0 Å². The molecule has 1 unspecified atom stereocenters. The summed E-state index contributed by atoms with van der Waals surface area (Å²) in [5.74, 6) is -0.999. The highest BCUT2D eigenvalue weighted by Gasteiger charge is 2.33. The lowest BCUT2D eigenvalue weighted by Crippen LogP contribution is -2.56. The molecule has 0 saturated heterocycles. The molecule has 0 bridgehead atoms. The fourth-order valence-corrected chi connectivity index (χ4v) is 2.19. The number of hydrogen-bond donors (Lipinski definition) is 3. The third-order valence-corrected chi connectivity index (χ3v) is 3.76. The van der Waals surface area contributed by atoms with E-state index in [1.165, 1.54) is 19.8 Å². The van der Waals surface area contributed by atoms with Crippen LogP contribution >= 0.6 is 0 Å². The van der Waals surface area contributed by atoms with Crippen molar-refractivity contribution in [3.63, 3.8) is 0 Å². The molecular weight excluding hydrogens is 232 g/mol. The van der Waals surface area contributed by atoms with Gasteiger partial charge >= 0.3 is 12.0 Å². The summed E-state index contributed by atoms with van der Waals surface area (Å²) in [6.45, 7) is 3.28. The van der Waals surface area contributed by atoms with Crippen LogP contribution in [0.4, 0.5) is 4.79 Å². The molecule has 0 radical (unpaired) electrons. The summed E-state index contributed by atoms with van der Waals surface area (Å²) in [6.07, 6.45) is 7.06. The van der Waals surface area contributed by atoms with Crippen LogP contribution in [-0.2, 0) is 4.79 Å². The van der Waals surface area contributed by atoms with Crippen molar-refractivity contribution in [2.24, 2.45) is 0 Å². The minimum Gasteiger partial charge on any atom is -0.480 e. The van der Waals surface area contributed by atoms with Crippen molar-refractivity contribution in [3.8, 4) is 0 Å². The third-order valence-electron chi connectivity index (χ3n) is 3.76. The molecule has 5 nitrogen and oxygen atoms in total. The standard InChI is InChI=1S/C13H24N2O3/c1-3-13(2,11(16)17)15-12(18)14-10-8-6-4-5-7-9-10/h10H,3-9H2,1-2H3,(H,16,17)(H2,14,15,18). The zero-order valence-corrected chi connectivity index (χ0v) is 11.3. The van der Waals surface area contributed by atoms with Crippen LogP contribution in [0.15, 0.2) is 0 Å². The van der Waals surface area contributed by atoms with Crippen LogP contribution in [0.2, 0.25) is 0 Å². The van der Waals surface area contributed by atoms with Crippen molar-refractivity contribution in [1.82, 2.24) is 10.6 Å². The molecule has 104 valence electrons. The first-order chi connectivity index (χ1) is 8.48. The van der Waals surface area contributed by atoms with Crippen LogP contribution in [0.1, 0.15) is 58.8 Å². The lowest BCUT2D eigenvalue weighted by molar-refractivity contribution is -0.143. The van der Waals surface area contributed by atoms with Gasteiger partial charge in [-0.2, -0.15) is 0 Å². The van der Waals surface area contributed by atoms with Gasteiger partial charge in [-0.3, -0.25) is 0 Å². The smallest absolute Gasteiger partial charge is 0.329 e. The monoisotopic (exact) mass is 256 g/mol. The van der Waals surface area contributed by atoms with Gasteiger partial charge in [0.15, 0.2) is 0 Å². The third kappa shape index (κ3) is 4.20. The molecule has 1 fully saturated rings. The lowest BCUT2D eigenvalue weighted by atomic mass is 10.00. The molecule has 1 rings (SSSR count). The van der Waals surface area contributed by atoms with Crippen LogP contribution < -0.4 is 10.6 Å². The molecule has 0 aromatic heterocycles. The Morgan fingerprint density at radius 1 is 1.22 bits per heavy atom. The van der Waals surface area contributed by atoms with Gasteiger partial charge < -0.3 is 15.7 Å². The average Bonchev–Trinajstić information content (AvgIpc) is 2.57. The molecule has 0 spiro atoms. The van der Waals surface area contributed by atoms with Gasteiger partial charge in [0.2, 0.25) is 0 Å². The lowest BCUT2D eigenvalue weighted by Gasteiger charge is -2.26. The van der Waals surface area contributed by atoms with Crippen LogP contribution in [-0.4, -0.2) is 28.7 Å². The number of nitrogens with one attached hydrogen (secondary N) is 2. The summed E-state index contributed by atoms with van der Waals surface area (Å²) in [7, 11) is 0. The molecule has 1 aliphatic carbocycles. The molecule has 0 aromatic rings. The second-order valence-electron chi connectivity index (χ2n) is 5.28. The van der Waals surface area contributed by atoms with Gasteiger partial charge in [-0.25, -0.2) is 9.59 Å². The summed E-state index contributed by atoms with van der Waals surface area (Å²) in [5.41, 5.74) is -1.19. The maximum atomic E-state index is 11.8. The number of hydrogen-bond acceptors (Lipinski definition) is 2. The summed E-state index contributed by atoms with van der Waals surface area (Å²) in [5, 5.41) is 14.5. The Kier molecular flexibility index (Phi) is 5.44. The van der Waals surface area contributed by atoms with E-state index >= 15 is 0 Å². The summed E-state index contributed by atoms with van der Waals surface area (Å²) in [4.78, 5) is 22.9. The first kappa shape index (κ1) is 14.8. The molecule has 1 atom stereocenters. The summed E-state index contributed by atoms with van der Waals surface area (Å²) in [6, 6.07) is -0.184. The van der Waals surface area contributed by atoms with Crippen LogP contribution in [0, 0.1) is 0 Å². The Labute approximate surface area is 108 Å². The van der Waals surface area contributed by atoms with Crippen molar-refractivity contribution in [2.45, 2.75) is 70.4 Å². The molecule has 5 heteroatoms. The van der Waals surface area contributed by atoms with Crippen molar-refractivity contribution in [1.29, 1.82) is 0 Å². The molecular formula is C13H24N2O3. The van der Waals surface area contributed by atoms with Gasteiger partial charge in [0.05, 0.1) is 0 Å². The SMILES string of the molecule is CCC(C)(NC(=O)NC1CCCCCC1)C(=O)O. The minimum absolute atomic E-state index is 0.183. The summed E-state index contributed by atoms with van der Waals surface area (Å²) >= 11 is 0. The average molecular weight is 256 g/mol. The number of rotatable bonds is 4. The number of amides is 2. The number of carboxylic acids is 1. The molecule has 3 N–H and O–H groups in total. The largest absolute Gasteiger partial charge is 0.480 e. The van der Waals surface area contributed by atoms with E-state index in [2.05, 4.69) is 10.6 Å². The fourth-order valence-electron chi connectivity index (χ4n) is 2.19. The zero-order valence-electron chi connectivity index (χ0n) is 11.3. The summed E-state index contributed by atoms with van der Waals surface area (Å²) < 4.78 is 0. The van der Waals surface area contributed by atoms with E-state index < -0.39 is 11.5 Å². The minimum atomic E-state index is -1.19. The zero-order chi connectivity index (χ0) is 13.6. The second kappa shape index (κ2) is 6.61. The van der Waals surface area contributed by atoms with E-state index in [9.17, 15) is 9.59 Å². The van der Waals surface area contributed by atoms with Gasteiger partial charge in [-0.05, 0) is 26.2 Å². The van der Waals surface area contributed by atoms with Crippen LogP contribution in [0.5, 0.6) is 0 Å². The van der Waals surface area contributed by atoms with Crippen molar-refractivity contribution < 1.29 is 14.7 Å². The maximum Gasteiger partial charge on any atom is 0.329 e. The first-order valence-corrected chi connectivity index (χ1v) is 6.80. The second-order valence-corrected chi connectivity index (χ2v) is 5.28. The number of carbonyl (C=O) groups is 2. The molecule has 2 amide bonds. The number of carbonyl (C=O) groups excluding carboxylic acids is 1. The predicted octanol–water partition coefficient (Wildman–Crippen LogP) is 2.26. The Balaban J connectivity index is 2.47. The fraction of sp³-hybridized carbons (Fsp3) is 0.846. The van der Waals surface area contributed by atoms with Crippen LogP contribution in [0.25, 0.3) is 0 Å². The van der Waals surface area contributed by atoms with E-state index in [0.717, 1.165) is 25.7 Å². The molecule has 1 aliphatic rings. The maximum absolute atomic E-state index is 11.8. The number of urea groups is 1. The Bertz CT molecular complexity index is 299. The molecule has 1 saturated carbocycles. The predicted molar refractivity (Wildman–Crippen MR) is 69.5 cm³/mol. The highest BCUT2D eigenvalue weighted by Crippen LogP contribution is 2.17. The van der Waals surface area contributed by atoms with Crippen molar-refractivity contribution >= 4 is 12.0 Å². The van der Waals surface area contributed by atoms with Crippen molar-refractivity contribution in [3.05, 3.63) is 0 Å². The Morgan fingerprint density at radius 3 is 2.22 bits per heavy atom. The quantitative estimate of drug-likeness (QED) is 0.675. The van der Waals surface area contributed by atoms with Gasteiger partial charge in [0.25, 0.3) is 0 Å². The highest BCUT2D eigenvalue weighted by molar-refractivity contribution is 5.85. The van der Waals surface area contributed by atoms with E-state index in [0.29, 0.717) is 6.42 Å². The van der Waals surface area contributed by atoms with Gasteiger partial charge in [0.1, 0.15) is 5.54 Å². The Hall–Kier alpha value is -1.26. The normalized spacial score (nSPS) is 20.6. The number of carboxylic acid groups (broad SMARTS) is 1. The van der Waals surface area contributed by atoms with E-state index in [1.807, 2.05) is 0 Å². The van der Waals surface area contributed by atoms with E-state index in [1.54, 1.807) is 6.92 Å². The van der Waals surface area contributed by atoms with E-state index in [-0.39, 0.29) is 12.1 Å². The molecule has 0 heterocycles. The first-order valence-electron chi connectivity index (χ1n) is 6.80. The van der Waals surface area contributed by atoms with Gasteiger partial charge in [-0.15, -0.1) is 0 Å². The highest BCUT2D eigenvalue weighted by atomic mass is 16.4. The molecule has 0 aliphatic heterocycles. The topological polar surface area (TPSA) is 78.4 Å². The van der Waals surface area contributed by atoms with Gasteiger partial charge in [-0.1, -0.05) is 32.6 Å². The molecule has 18 heavy (non-hydrogen) atoms. The van der Waals surface area contributed by atoms with Gasteiger partial charge in [0, 0.05) is 6.04 Å². The molecule has 0 aromatic carbocycles. The van der Waals surface area contributed by atoms with Crippen molar-refractivity contribution in [2.75, 3.05) is 0 Å².